The average Bonchev–Trinajstić information content (AvgIpc) is 2.61. The smallest absolute Gasteiger partial charge is 0.224 e. The fourth-order valence-electron chi connectivity index (χ4n) is 2.49. The van der Waals surface area contributed by atoms with E-state index in [2.05, 4.69) is 17.6 Å². The van der Waals surface area contributed by atoms with Gasteiger partial charge < -0.3 is 20.1 Å². The van der Waals surface area contributed by atoms with Gasteiger partial charge in [0.1, 0.15) is 13.2 Å². The Bertz CT molecular complexity index is 698. The van der Waals surface area contributed by atoms with E-state index in [0.29, 0.717) is 19.6 Å². The summed E-state index contributed by atoms with van der Waals surface area (Å²) in [6.07, 6.45) is 2.50. The Morgan fingerprint density at radius 2 is 1.62 bits per heavy atom. The molecule has 0 saturated carbocycles. The molecule has 0 unspecified atom stereocenters. The number of carbonyl (C=O) groups excluding carboxylic acids is 1. The van der Waals surface area contributed by atoms with Gasteiger partial charge in [-0.2, -0.15) is 0 Å². The molecule has 0 radical (unpaired) electrons. The molecule has 0 spiro atoms. The number of hydrogen-bond donors (Lipinski definition) is 2. The molecule has 5 nitrogen and oxygen atoms in total. The van der Waals surface area contributed by atoms with Gasteiger partial charge in [-0.15, -0.1) is 0 Å². The first-order chi connectivity index (χ1) is 11.7. The maximum atomic E-state index is 11.7. The van der Waals surface area contributed by atoms with Crippen LogP contribution < -0.4 is 20.1 Å². The third kappa shape index (κ3) is 4.19. The third-order valence-electron chi connectivity index (χ3n) is 3.76. The Morgan fingerprint density at radius 3 is 2.38 bits per heavy atom. The molecule has 24 heavy (non-hydrogen) atoms. The van der Waals surface area contributed by atoms with Crippen molar-refractivity contribution in [2.45, 2.75) is 26.2 Å². The molecule has 1 heterocycles. The molecule has 1 amide bonds. The summed E-state index contributed by atoms with van der Waals surface area (Å²) in [6, 6.07) is 13.4. The molecule has 5 heteroatoms. The fraction of sp³-hybridized carbons (Fsp3) is 0.316. The molecule has 3 rings (SSSR count). The Morgan fingerprint density at radius 1 is 0.958 bits per heavy atom. The lowest BCUT2D eigenvalue weighted by atomic mass is 10.2. The summed E-state index contributed by atoms with van der Waals surface area (Å²) < 4.78 is 11.1. The van der Waals surface area contributed by atoms with Crippen LogP contribution in [0.25, 0.3) is 0 Å². The van der Waals surface area contributed by atoms with Gasteiger partial charge >= 0.3 is 0 Å². The monoisotopic (exact) mass is 326 g/mol. The first kappa shape index (κ1) is 16.2. The SMILES string of the molecule is CCCCC(=O)Nc1ccc(Nc2ccc3c(c2)OCCO3)cc1. The zero-order valence-electron chi connectivity index (χ0n) is 13.8. The number of fused-ring (bicyclic) bond motifs is 1. The van der Waals surface area contributed by atoms with Crippen LogP contribution in [0.15, 0.2) is 42.5 Å². The summed E-state index contributed by atoms with van der Waals surface area (Å²) in [7, 11) is 0. The highest BCUT2D eigenvalue weighted by Crippen LogP contribution is 2.33. The van der Waals surface area contributed by atoms with Crippen molar-refractivity contribution in [3.05, 3.63) is 42.5 Å². The molecule has 2 aromatic carbocycles. The van der Waals surface area contributed by atoms with Crippen LogP contribution in [-0.2, 0) is 4.79 Å². The van der Waals surface area contributed by atoms with E-state index in [1.165, 1.54) is 0 Å². The van der Waals surface area contributed by atoms with E-state index >= 15 is 0 Å². The highest BCUT2D eigenvalue weighted by molar-refractivity contribution is 5.90. The third-order valence-corrected chi connectivity index (χ3v) is 3.76. The average molecular weight is 326 g/mol. The lowest BCUT2D eigenvalue weighted by Gasteiger charge is -2.19. The van der Waals surface area contributed by atoms with Crippen molar-refractivity contribution in [2.24, 2.45) is 0 Å². The zero-order chi connectivity index (χ0) is 16.8. The summed E-state index contributed by atoms with van der Waals surface area (Å²) in [5, 5.41) is 6.23. The number of amides is 1. The van der Waals surface area contributed by atoms with Crippen molar-refractivity contribution in [3.8, 4) is 11.5 Å². The molecule has 2 aromatic rings. The van der Waals surface area contributed by atoms with Crippen LogP contribution in [0.2, 0.25) is 0 Å². The minimum atomic E-state index is 0.0596. The van der Waals surface area contributed by atoms with Crippen LogP contribution in [0.1, 0.15) is 26.2 Å². The van der Waals surface area contributed by atoms with E-state index in [9.17, 15) is 4.79 Å². The molecule has 0 saturated heterocycles. The van der Waals surface area contributed by atoms with Gasteiger partial charge in [-0.3, -0.25) is 4.79 Å². The Labute approximate surface area is 142 Å². The van der Waals surface area contributed by atoms with Crippen LogP contribution in [0.5, 0.6) is 11.5 Å². The van der Waals surface area contributed by atoms with Gasteiger partial charge in [0.15, 0.2) is 11.5 Å². The van der Waals surface area contributed by atoms with Gasteiger partial charge in [-0.25, -0.2) is 0 Å². The normalized spacial score (nSPS) is 12.5. The van der Waals surface area contributed by atoms with Crippen molar-refractivity contribution in [2.75, 3.05) is 23.8 Å². The van der Waals surface area contributed by atoms with E-state index < -0.39 is 0 Å². The fourth-order valence-corrected chi connectivity index (χ4v) is 2.49. The quantitative estimate of drug-likeness (QED) is 0.829. The van der Waals surface area contributed by atoms with Gasteiger partial charge in [0.2, 0.25) is 5.91 Å². The summed E-state index contributed by atoms with van der Waals surface area (Å²) in [5.41, 5.74) is 2.68. The summed E-state index contributed by atoms with van der Waals surface area (Å²) in [6.45, 7) is 3.24. The predicted molar refractivity (Wildman–Crippen MR) is 95.3 cm³/mol. The van der Waals surface area contributed by atoms with Crippen molar-refractivity contribution >= 4 is 23.0 Å². The molecule has 126 valence electrons. The Kier molecular flexibility index (Phi) is 5.21. The molecule has 0 bridgehead atoms. The van der Waals surface area contributed by atoms with Crippen molar-refractivity contribution in [1.82, 2.24) is 0 Å². The van der Waals surface area contributed by atoms with E-state index in [1.54, 1.807) is 0 Å². The van der Waals surface area contributed by atoms with E-state index in [4.69, 9.17) is 9.47 Å². The van der Waals surface area contributed by atoms with Crippen molar-refractivity contribution < 1.29 is 14.3 Å². The number of nitrogens with one attached hydrogen (secondary N) is 2. The molecule has 1 aliphatic rings. The van der Waals surface area contributed by atoms with E-state index in [-0.39, 0.29) is 5.91 Å². The summed E-state index contributed by atoms with van der Waals surface area (Å²) in [5.74, 6) is 1.59. The maximum Gasteiger partial charge on any atom is 0.224 e. The van der Waals surface area contributed by atoms with Gasteiger partial charge in [-0.1, -0.05) is 13.3 Å². The van der Waals surface area contributed by atoms with Crippen LogP contribution in [0.3, 0.4) is 0 Å². The first-order valence-electron chi connectivity index (χ1n) is 8.31. The summed E-state index contributed by atoms with van der Waals surface area (Å²) >= 11 is 0. The van der Waals surface area contributed by atoms with Gasteiger partial charge in [-0.05, 0) is 42.8 Å². The zero-order valence-corrected chi connectivity index (χ0v) is 13.8. The molecule has 0 atom stereocenters. The van der Waals surface area contributed by atoms with E-state index in [1.807, 2.05) is 42.5 Å². The van der Waals surface area contributed by atoms with Crippen molar-refractivity contribution in [3.63, 3.8) is 0 Å². The first-order valence-corrected chi connectivity index (χ1v) is 8.31. The largest absolute Gasteiger partial charge is 0.486 e. The highest BCUT2D eigenvalue weighted by Gasteiger charge is 2.11. The molecular weight excluding hydrogens is 304 g/mol. The standard InChI is InChI=1S/C19H22N2O3/c1-2-3-4-19(22)21-15-7-5-14(6-8-15)20-16-9-10-17-18(13-16)24-12-11-23-17/h5-10,13,20H,2-4,11-12H2,1H3,(H,21,22). The van der Waals surface area contributed by atoms with Crippen LogP contribution in [0, 0.1) is 0 Å². The second kappa shape index (κ2) is 7.73. The number of ether oxygens (including phenoxy) is 2. The second-order valence-corrected chi connectivity index (χ2v) is 5.71. The number of rotatable bonds is 6. The molecule has 0 aromatic heterocycles. The molecule has 2 N–H and O–H groups in total. The molecular formula is C19H22N2O3. The van der Waals surface area contributed by atoms with Gasteiger partial charge in [0.05, 0.1) is 0 Å². The van der Waals surface area contributed by atoms with Crippen LogP contribution >= 0.6 is 0 Å². The molecule has 1 aliphatic heterocycles. The number of anilines is 3. The topological polar surface area (TPSA) is 59.6 Å². The minimum absolute atomic E-state index is 0.0596. The second-order valence-electron chi connectivity index (χ2n) is 5.71. The number of unbranched alkanes of at least 4 members (excludes halogenated alkanes) is 1. The minimum Gasteiger partial charge on any atom is -0.486 e. The highest BCUT2D eigenvalue weighted by atomic mass is 16.6. The maximum absolute atomic E-state index is 11.7. The van der Waals surface area contributed by atoms with E-state index in [0.717, 1.165) is 41.4 Å². The number of hydrogen-bond acceptors (Lipinski definition) is 4. The lowest BCUT2D eigenvalue weighted by molar-refractivity contribution is -0.116. The van der Waals surface area contributed by atoms with Gasteiger partial charge in [0.25, 0.3) is 0 Å². The van der Waals surface area contributed by atoms with Crippen molar-refractivity contribution in [1.29, 1.82) is 0 Å². The molecule has 0 fully saturated rings. The molecule has 0 aliphatic carbocycles. The lowest BCUT2D eigenvalue weighted by Crippen LogP contribution is -2.15. The Balaban J connectivity index is 1.61. The van der Waals surface area contributed by atoms with Gasteiger partial charge in [0, 0.05) is 29.5 Å². The Hall–Kier alpha value is -2.69. The number of benzene rings is 2. The number of carbonyl (C=O) groups is 1. The predicted octanol–water partition coefficient (Wildman–Crippen LogP) is 4.33. The van der Waals surface area contributed by atoms with Crippen LogP contribution in [0.4, 0.5) is 17.1 Å². The van der Waals surface area contributed by atoms with Crippen LogP contribution in [-0.4, -0.2) is 19.1 Å². The summed E-state index contributed by atoms with van der Waals surface area (Å²) in [4.78, 5) is 11.7.